The number of carbonyl (C=O) groups excluding carboxylic acids is 1. The first-order valence-corrected chi connectivity index (χ1v) is 14.9. The summed E-state index contributed by atoms with van der Waals surface area (Å²) < 4.78 is 44.8. The number of phenolic OH excluding ortho intramolecular Hbond substituents is 2. The van der Waals surface area contributed by atoms with Crippen molar-refractivity contribution in [2.24, 2.45) is 0 Å². The molecule has 0 bridgehead atoms. The number of aromatic hydroxyl groups is 2. The molecule has 0 aliphatic carbocycles. The van der Waals surface area contributed by atoms with Gasteiger partial charge in [-0.1, -0.05) is 0 Å². The summed E-state index contributed by atoms with van der Waals surface area (Å²) in [4.78, 5) is 11.4. The Morgan fingerprint density at radius 1 is 0.755 bits per heavy atom. The van der Waals surface area contributed by atoms with Gasteiger partial charge in [-0.3, -0.25) is 4.79 Å². The third kappa shape index (κ3) is 7.28. The predicted molar refractivity (Wildman–Crippen MR) is 159 cm³/mol. The highest BCUT2D eigenvalue weighted by Gasteiger charge is 2.48. The average molecular weight is 699 g/mol. The van der Waals surface area contributed by atoms with E-state index in [1.807, 2.05) is 0 Å². The Balaban J connectivity index is 1.57. The number of aliphatic hydroxyl groups is 7. The van der Waals surface area contributed by atoms with Crippen LogP contribution in [0.5, 0.6) is 34.5 Å². The molecule has 3 aliphatic heterocycles. The molecule has 0 spiro atoms. The lowest BCUT2D eigenvalue weighted by Crippen LogP contribution is -2.60. The average Bonchev–Trinajstić information content (AvgIpc) is 3.08. The van der Waals surface area contributed by atoms with Gasteiger partial charge in [0.25, 0.3) is 0 Å². The van der Waals surface area contributed by atoms with Crippen LogP contribution in [0.25, 0.3) is 6.08 Å². The Morgan fingerprint density at radius 3 is 1.90 bits per heavy atom. The Kier molecular flexibility index (Phi) is 10.9. The Labute approximate surface area is 278 Å². The summed E-state index contributed by atoms with van der Waals surface area (Å²) in [6, 6.07) is 5.11. The molecule has 3 aliphatic rings. The maximum atomic E-state index is 11.4. The van der Waals surface area contributed by atoms with E-state index in [9.17, 15) is 50.8 Å². The van der Waals surface area contributed by atoms with Crippen LogP contribution in [-0.2, 0) is 23.7 Å². The van der Waals surface area contributed by atoms with Crippen molar-refractivity contribution >= 4 is 12.0 Å². The topological polar surface area (TPSA) is 273 Å². The summed E-state index contributed by atoms with van der Waals surface area (Å²) in [7, 11) is 2.59. The second-order valence-corrected chi connectivity index (χ2v) is 11.4. The number of hydrogen-bond acceptors (Lipinski definition) is 18. The Hall–Kier alpha value is -4.11. The first kappa shape index (κ1) is 36.2. The van der Waals surface area contributed by atoms with Crippen LogP contribution in [-0.4, -0.2) is 141 Å². The highest BCUT2D eigenvalue weighted by molar-refractivity contribution is 5.70. The molecule has 0 amide bonds. The van der Waals surface area contributed by atoms with Crippen molar-refractivity contribution in [1.82, 2.24) is 0 Å². The monoisotopic (exact) mass is 698 g/mol. The first-order valence-electron chi connectivity index (χ1n) is 14.9. The lowest BCUT2D eigenvalue weighted by atomic mass is 9.98. The second-order valence-electron chi connectivity index (χ2n) is 11.4. The van der Waals surface area contributed by atoms with Gasteiger partial charge in [0, 0.05) is 24.6 Å². The smallest absolute Gasteiger partial charge is 0.302 e. The normalized spacial score (nSPS) is 32.6. The van der Waals surface area contributed by atoms with Crippen molar-refractivity contribution < 1.29 is 88.6 Å². The Bertz CT molecular complexity index is 1500. The molecule has 11 atom stereocenters. The van der Waals surface area contributed by atoms with Crippen molar-refractivity contribution in [2.75, 3.05) is 27.4 Å². The van der Waals surface area contributed by atoms with Gasteiger partial charge in [0.2, 0.25) is 18.3 Å². The quantitative estimate of drug-likeness (QED) is 0.123. The van der Waals surface area contributed by atoms with E-state index in [1.165, 1.54) is 38.5 Å². The SMILES string of the molecule is COc1cc(C2Oc3cc(O)cc(OC4OC(CO)C(O)C(O)C4O)c3C=C2OC2OC(COC(C)=O)C(O)C(O)C2O)cc(OC)c1O. The molecule has 18 heteroatoms. The van der Waals surface area contributed by atoms with Crippen molar-refractivity contribution in [1.29, 1.82) is 0 Å². The number of hydrogen-bond donors (Lipinski definition) is 9. The van der Waals surface area contributed by atoms with Gasteiger partial charge in [-0.15, -0.1) is 0 Å². The van der Waals surface area contributed by atoms with Gasteiger partial charge < -0.3 is 83.9 Å². The summed E-state index contributed by atoms with van der Waals surface area (Å²) in [5, 5.41) is 93.6. The Morgan fingerprint density at radius 2 is 1.33 bits per heavy atom. The maximum absolute atomic E-state index is 11.4. The van der Waals surface area contributed by atoms with E-state index in [4.69, 9.17) is 37.9 Å². The molecule has 270 valence electrons. The lowest BCUT2D eigenvalue weighted by Gasteiger charge is -2.41. The first-order chi connectivity index (χ1) is 23.3. The van der Waals surface area contributed by atoms with E-state index in [0.717, 1.165) is 13.0 Å². The van der Waals surface area contributed by atoms with Crippen molar-refractivity contribution in [3.05, 3.63) is 41.2 Å². The molecule has 3 heterocycles. The zero-order valence-electron chi connectivity index (χ0n) is 26.4. The molecule has 2 saturated heterocycles. The summed E-state index contributed by atoms with van der Waals surface area (Å²) in [6.45, 7) is -0.0962. The number of methoxy groups -OCH3 is 2. The molecule has 18 nitrogen and oxygen atoms in total. The van der Waals surface area contributed by atoms with Gasteiger partial charge in [0.1, 0.15) is 78.4 Å². The number of phenols is 2. The van der Waals surface area contributed by atoms with E-state index >= 15 is 0 Å². The zero-order chi connectivity index (χ0) is 35.7. The number of rotatable bonds is 10. The zero-order valence-corrected chi connectivity index (χ0v) is 26.4. The minimum Gasteiger partial charge on any atom is -0.508 e. The van der Waals surface area contributed by atoms with Crippen LogP contribution in [0.15, 0.2) is 30.0 Å². The third-order valence-corrected chi connectivity index (χ3v) is 8.15. The van der Waals surface area contributed by atoms with Gasteiger partial charge in [0.15, 0.2) is 17.6 Å². The van der Waals surface area contributed by atoms with Crippen LogP contribution in [0.2, 0.25) is 0 Å². The van der Waals surface area contributed by atoms with Crippen LogP contribution < -0.4 is 18.9 Å². The molecule has 0 aromatic heterocycles. The van der Waals surface area contributed by atoms with Crippen LogP contribution in [0.4, 0.5) is 0 Å². The van der Waals surface area contributed by atoms with E-state index in [2.05, 4.69) is 0 Å². The van der Waals surface area contributed by atoms with Crippen LogP contribution in [0.3, 0.4) is 0 Å². The van der Waals surface area contributed by atoms with Gasteiger partial charge in [-0.25, -0.2) is 0 Å². The maximum Gasteiger partial charge on any atom is 0.302 e. The molecule has 2 aromatic carbocycles. The largest absolute Gasteiger partial charge is 0.508 e. The van der Waals surface area contributed by atoms with Gasteiger partial charge in [0.05, 0.1) is 26.4 Å². The number of aliphatic hydroxyl groups excluding tert-OH is 7. The number of carbonyl (C=O) groups is 1. The highest BCUT2D eigenvalue weighted by atomic mass is 16.7. The predicted octanol–water partition coefficient (Wildman–Crippen LogP) is -1.84. The lowest BCUT2D eigenvalue weighted by molar-refractivity contribution is -0.294. The van der Waals surface area contributed by atoms with Crippen molar-refractivity contribution in [2.45, 2.75) is 74.4 Å². The summed E-state index contributed by atoms with van der Waals surface area (Å²) >= 11 is 0. The van der Waals surface area contributed by atoms with Gasteiger partial charge in [-0.05, 0) is 18.2 Å². The van der Waals surface area contributed by atoms with Gasteiger partial charge >= 0.3 is 5.97 Å². The number of esters is 1. The summed E-state index contributed by atoms with van der Waals surface area (Å²) in [6.07, 6.45) is -16.5. The fourth-order valence-corrected chi connectivity index (χ4v) is 5.50. The molecular weight excluding hydrogens is 660 g/mol. The third-order valence-electron chi connectivity index (χ3n) is 8.15. The standard InChI is InChI=1S/C31H38O18/c1-11(33)44-10-21-24(37)26(39)28(41)31(49-21)47-19-8-14-15(45-29(19)12-4-17(42-2)22(35)18(5-12)43-3)6-13(34)7-16(14)46-30-27(40)25(38)23(36)20(9-32)48-30/h4-8,20-21,23-32,34-41H,9-10H2,1-3H3. The number of ether oxygens (including phenoxy) is 8. The fourth-order valence-electron chi connectivity index (χ4n) is 5.50. The molecule has 5 rings (SSSR count). The molecule has 0 radical (unpaired) electrons. The van der Waals surface area contributed by atoms with E-state index in [0.29, 0.717) is 0 Å². The molecular formula is C31H38O18. The molecule has 49 heavy (non-hydrogen) atoms. The van der Waals surface area contributed by atoms with Gasteiger partial charge in [-0.2, -0.15) is 0 Å². The van der Waals surface area contributed by atoms with Crippen molar-refractivity contribution in [3.8, 4) is 34.5 Å². The van der Waals surface area contributed by atoms with E-state index in [-0.39, 0.29) is 51.4 Å². The van der Waals surface area contributed by atoms with E-state index in [1.54, 1.807) is 0 Å². The molecule has 2 aromatic rings. The molecule has 11 unspecified atom stereocenters. The molecule has 9 N–H and O–H groups in total. The summed E-state index contributed by atoms with van der Waals surface area (Å²) in [5.41, 5.74) is 0.298. The highest BCUT2D eigenvalue weighted by Crippen LogP contribution is 2.48. The second kappa shape index (κ2) is 14.8. The molecule has 0 saturated carbocycles. The van der Waals surface area contributed by atoms with Crippen LogP contribution in [0, 0.1) is 0 Å². The minimum atomic E-state index is -1.85. The number of fused-ring (bicyclic) bond motifs is 1. The van der Waals surface area contributed by atoms with Crippen LogP contribution >= 0.6 is 0 Å². The van der Waals surface area contributed by atoms with Crippen molar-refractivity contribution in [3.63, 3.8) is 0 Å². The fraction of sp³-hybridized carbons (Fsp3) is 0.516. The molecule has 2 fully saturated rings. The van der Waals surface area contributed by atoms with Crippen LogP contribution in [0.1, 0.15) is 24.2 Å². The summed E-state index contributed by atoms with van der Waals surface area (Å²) in [5.74, 6) is -1.85. The van der Waals surface area contributed by atoms with E-state index < -0.39 is 86.7 Å². The number of benzene rings is 2. The minimum absolute atomic E-state index is 0.0282.